The number of halogens is 1. The highest BCUT2D eigenvalue weighted by atomic mass is 79.9. The molecule has 3 nitrogen and oxygen atoms in total. The zero-order chi connectivity index (χ0) is 14.8. The van der Waals surface area contributed by atoms with Crippen molar-refractivity contribution in [1.29, 1.82) is 0 Å². The van der Waals surface area contributed by atoms with Crippen LogP contribution in [0.5, 0.6) is 0 Å². The van der Waals surface area contributed by atoms with Crippen LogP contribution in [0.2, 0.25) is 0 Å². The summed E-state index contributed by atoms with van der Waals surface area (Å²) in [7, 11) is 0. The van der Waals surface area contributed by atoms with Crippen LogP contribution in [0, 0.1) is 0 Å². The first-order valence-electron chi connectivity index (χ1n) is 7.41. The third-order valence-electron chi connectivity index (χ3n) is 4.02. The lowest BCUT2D eigenvalue weighted by Crippen LogP contribution is -2.26. The highest BCUT2D eigenvalue weighted by Crippen LogP contribution is 2.35. The van der Waals surface area contributed by atoms with Crippen molar-refractivity contribution in [2.45, 2.75) is 37.5 Å². The summed E-state index contributed by atoms with van der Waals surface area (Å²) in [6, 6.07) is 6.60. The summed E-state index contributed by atoms with van der Waals surface area (Å²) >= 11 is 5.53. The number of nitrogens with one attached hydrogen (secondary N) is 1. The van der Waals surface area contributed by atoms with E-state index in [0.29, 0.717) is 11.3 Å². The molecule has 3 rings (SSSR count). The fourth-order valence-electron chi connectivity index (χ4n) is 3.04. The van der Waals surface area contributed by atoms with E-state index in [4.69, 9.17) is 5.73 Å². The third kappa shape index (κ3) is 3.14. The van der Waals surface area contributed by atoms with Gasteiger partial charge >= 0.3 is 0 Å². The molecule has 1 aliphatic carbocycles. The first kappa shape index (κ1) is 15.0. The van der Waals surface area contributed by atoms with Crippen LogP contribution in [-0.4, -0.2) is 22.0 Å². The fraction of sp³-hybridized carbons (Fsp3) is 0.438. The van der Waals surface area contributed by atoms with Crippen LogP contribution in [0.25, 0.3) is 10.9 Å². The van der Waals surface area contributed by atoms with E-state index in [9.17, 15) is 0 Å². The fourth-order valence-corrected chi connectivity index (χ4v) is 4.57. The number of anilines is 2. The van der Waals surface area contributed by atoms with Crippen LogP contribution in [0.15, 0.2) is 28.9 Å². The summed E-state index contributed by atoms with van der Waals surface area (Å²) in [5.41, 5.74) is 8.92. The van der Waals surface area contributed by atoms with Gasteiger partial charge in [0.05, 0.1) is 11.2 Å². The number of fused-ring (bicyclic) bond motifs is 1. The number of hydrogen-bond acceptors (Lipinski definition) is 4. The Morgan fingerprint density at radius 3 is 3.10 bits per heavy atom. The van der Waals surface area contributed by atoms with Gasteiger partial charge in [-0.2, -0.15) is 11.8 Å². The van der Waals surface area contributed by atoms with Gasteiger partial charge in [0, 0.05) is 33.0 Å². The van der Waals surface area contributed by atoms with E-state index in [2.05, 4.69) is 51.0 Å². The number of pyridine rings is 1. The molecule has 1 aromatic carbocycles. The first-order chi connectivity index (χ1) is 10.2. The van der Waals surface area contributed by atoms with E-state index in [0.717, 1.165) is 26.8 Å². The van der Waals surface area contributed by atoms with Crippen LogP contribution >= 0.6 is 27.7 Å². The molecule has 0 aliphatic heterocycles. The first-order valence-corrected chi connectivity index (χ1v) is 9.25. The molecule has 1 aromatic heterocycles. The maximum atomic E-state index is 6.08. The molecule has 2 aromatic rings. The van der Waals surface area contributed by atoms with Crippen molar-refractivity contribution in [2.24, 2.45) is 0 Å². The van der Waals surface area contributed by atoms with E-state index in [-0.39, 0.29) is 0 Å². The summed E-state index contributed by atoms with van der Waals surface area (Å²) in [6.45, 7) is 2.23. The molecule has 1 heterocycles. The summed E-state index contributed by atoms with van der Waals surface area (Å²) in [4.78, 5) is 4.56. The van der Waals surface area contributed by atoms with E-state index < -0.39 is 0 Å². The second-order valence-electron chi connectivity index (χ2n) is 5.43. The van der Waals surface area contributed by atoms with Crippen LogP contribution < -0.4 is 11.1 Å². The Morgan fingerprint density at radius 1 is 1.43 bits per heavy atom. The zero-order valence-corrected chi connectivity index (χ0v) is 14.5. The van der Waals surface area contributed by atoms with E-state index in [1.165, 1.54) is 25.0 Å². The highest BCUT2D eigenvalue weighted by molar-refractivity contribution is 9.10. The number of thioether (sulfide) groups is 1. The predicted octanol–water partition coefficient (Wildman–Crippen LogP) is 4.67. The lowest BCUT2D eigenvalue weighted by Gasteiger charge is -2.22. The van der Waals surface area contributed by atoms with Crippen molar-refractivity contribution in [2.75, 3.05) is 16.8 Å². The molecule has 2 unspecified atom stereocenters. The molecule has 1 fully saturated rings. The van der Waals surface area contributed by atoms with Gasteiger partial charge in [-0.3, -0.25) is 4.98 Å². The molecule has 0 saturated heterocycles. The van der Waals surface area contributed by atoms with Gasteiger partial charge in [-0.25, -0.2) is 0 Å². The monoisotopic (exact) mass is 365 g/mol. The van der Waals surface area contributed by atoms with Crippen molar-refractivity contribution in [3.05, 3.63) is 28.9 Å². The number of benzene rings is 1. The smallest absolute Gasteiger partial charge is 0.0954 e. The van der Waals surface area contributed by atoms with Gasteiger partial charge in [-0.1, -0.05) is 13.3 Å². The van der Waals surface area contributed by atoms with Gasteiger partial charge in [-0.05, 0) is 52.7 Å². The summed E-state index contributed by atoms with van der Waals surface area (Å²) in [6.07, 6.45) is 5.68. The highest BCUT2D eigenvalue weighted by Gasteiger charge is 2.27. The van der Waals surface area contributed by atoms with E-state index in [1.54, 1.807) is 0 Å². The number of aromatic nitrogens is 1. The van der Waals surface area contributed by atoms with Gasteiger partial charge in [0.1, 0.15) is 0 Å². The Morgan fingerprint density at radius 2 is 2.29 bits per heavy atom. The molecular formula is C16H20BrN3S. The molecule has 0 spiro atoms. The molecule has 1 aliphatic rings. The second kappa shape index (κ2) is 6.44. The summed E-state index contributed by atoms with van der Waals surface area (Å²) < 4.78 is 0.958. The van der Waals surface area contributed by atoms with Crippen molar-refractivity contribution in [1.82, 2.24) is 4.98 Å². The molecule has 0 amide bonds. The van der Waals surface area contributed by atoms with Crippen molar-refractivity contribution in [3.63, 3.8) is 0 Å². The molecule has 5 heteroatoms. The second-order valence-corrected chi connectivity index (χ2v) is 7.86. The topological polar surface area (TPSA) is 50.9 Å². The van der Waals surface area contributed by atoms with Crippen LogP contribution in [-0.2, 0) is 0 Å². The number of nitrogens with zero attached hydrogens (tertiary/aromatic N) is 1. The van der Waals surface area contributed by atoms with Gasteiger partial charge in [0.25, 0.3) is 0 Å². The number of nitrogen functional groups attached to an aromatic ring is 1. The number of rotatable bonds is 4. The van der Waals surface area contributed by atoms with Gasteiger partial charge < -0.3 is 11.1 Å². The normalized spacial score (nSPS) is 21.8. The quantitative estimate of drug-likeness (QED) is 0.773. The average Bonchev–Trinajstić information content (AvgIpc) is 2.90. The maximum Gasteiger partial charge on any atom is 0.0954 e. The van der Waals surface area contributed by atoms with E-state index in [1.807, 2.05) is 18.3 Å². The van der Waals surface area contributed by atoms with Gasteiger partial charge in [0.15, 0.2) is 0 Å². The molecule has 2 atom stereocenters. The van der Waals surface area contributed by atoms with Crippen LogP contribution in [0.4, 0.5) is 11.4 Å². The van der Waals surface area contributed by atoms with Crippen molar-refractivity contribution < 1.29 is 0 Å². The Kier molecular flexibility index (Phi) is 4.60. The molecule has 0 radical (unpaired) electrons. The average molecular weight is 366 g/mol. The zero-order valence-electron chi connectivity index (χ0n) is 12.1. The molecule has 3 N–H and O–H groups in total. The Labute approximate surface area is 138 Å². The van der Waals surface area contributed by atoms with E-state index >= 15 is 0 Å². The largest absolute Gasteiger partial charge is 0.398 e. The van der Waals surface area contributed by atoms with Crippen LogP contribution in [0.1, 0.15) is 26.2 Å². The van der Waals surface area contributed by atoms with Gasteiger partial charge in [-0.15, -0.1) is 0 Å². The Hall–Kier alpha value is -0.940. The molecule has 1 saturated carbocycles. The Balaban J connectivity index is 1.92. The molecule has 112 valence electrons. The third-order valence-corrected chi connectivity index (χ3v) is 5.78. The predicted molar refractivity (Wildman–Crippen MR) is 97.0 cm³/mol. The lowest BCUT2D eigenvalue weighted by atomic mass is 10.1. The number of hydrogen-bond donors (Lipinski definition) is 2. The molecule has 21 heavy (non-hydrogen) atoms. The molecule has 0 bridgehead atoms. The number of nitrogens with two attached hydrogens (primary N) is 1. The van der Waals surface area contributed by atoms with Gasteiger partial charge in [0.2, 0.25) is 0 Å². The lowest BCUT2D eigenvalue weighted by molar-refractivity contribution is 0.768. The SMILES string of the molecule is CCSC1CCCC1Nc1ccc(N)c2cc(Br)cnc12. The maximum absolute atomic E-state index is 6.08. The minimum atomic E-state index is 0.534. The summed E-state index contributed by atoms with van der Waals surface area (Å²) in [5, 5.41) is 5.42. The summed E-state index contributed by atoms with van der Waals surface area (Å²) in [5.74, 6) is 1.18. The molecular weight excluding hydrogens is 346 g/mol. The van der Waals surface area contributed by atoms with Crippen molar-refractivity contribution in [3.8, 4) is 0 Å². The van der Waals surface area contributed by atoms with Crippen LogP contribution in [0.3, 0.4) is 0 Å². The van der Waals surface area contributed by atoms with Crippen molar-refractivity contribution >= 4 is 50.0 Å². The minimum absolute atomic E-state index is 0.534. The standard InChI is InChI=1S/C16H20BrN3S/c1-2-21-15-5-3-4-13(15)20-14-7-6-12(18)11-8-10(17)9-19-16(11)14/h6-9,13,15,20H,2-5,18H2,1H3. The minimum Gasteiger partial charge on any atom is -0.398 e. The Bertz CT molecular complexity index is 647.